The summed E-state index contributed by atoms with van der Waals surface area (Å²) in [4.78, 5) is 13.9. The van der Waals surface area contributed by atoms with E-state index in [9.17, 15) is 52.7 Å². The van der Waals surface area contributed by atoms with Crippen LogP contribution in [0.1, 0.15) is 23.1 Å². The number of nitrogens with one attached hydrogen (secondary N) is 1. The molecule has 0 bridgehead atoms. The summed E-state index contributed by atoms with van der Waals surface area (Å²) in [7, 11) is -4.55. The van der Waals surface area contributed by atoms with Crippen LogP contribution in [0.4, 0.5) is 39.5 Å². The molecule has 0 saturated carbocycles. The first kappa shape index (κ1) is 33.7. The Labute approximate surface area is 257 Å². The summed E-state index contributed by atoms with van der Waals surface area (Å²) in [5, 5.41) is 2.91. The second-order valence-corrected chi connectivity index (χ2v) is 13.3. The lowest BCUT2D eigenvalue weighted by atomic mass is 9.88. The average Bonchev–Trinajstić information content (AvgIpc) is 3.40. The van der Waals surface area contributed by atoms with Crippen LogP contribution < -0.4 is 5.32 Å². The number of carbonyl (C=O) groups is 1. The molecule has 46 heavy (non-hydrogen) atoms. The number of benzene rings is 3. The largest absolute Gasteiger partial charge is 0.430 e. The molecule has 2 heterocycles. The number of alkyl halides is 6. The minimum absolute atomic E-state index is 0.0934. The fourth-order valence-electron chi connectivity index (χ4n) is 5.74. The Balaban J connectivity index is 1.60. The van der Waals surface area contributed by atoms with Crippen molar-refractivity contribution < 1.29 is 57.5 Å². The number of ether oxygens (including phenoxy) is 1. The van der Waals surface area contributed by atoms with Crippen molar-refractivity contribution in [3.05, 3.63) is 101 Å². The van der Waals surface area contributed by atoms with Crippen LogP contribution in [-0.2, 0) is 36.3 Å². The van der Waals surface area contributed by atoms with Crippen LogP contribution in [0.3, 0.4) is 0 Å². The van der Waals surface area contributed by atoms with E-state index >= 15 is 0 Å². The first-order valence-electron chi connectivity index (χ1n) is 13.8. The molecule has 0 aliphatic carbocycles. The molecule has 0 aromatic heterocycles. The van der Waals surface area contributed by atoms with Crippen LogP contribution in [0, 0.1) is 23.4 Å². The maximum atomic E-state index is 14.4. The molecule has 3 aromatic rings. The third kappa shape index (κ3) is 5.53. The Kier molecular flexibility index (Phi) is 8.70. The van der Waals surface area contributed by atoms with Crippen molar-refractivity contribution in [2.45, 2.75) is 40.6 Å². The lowest BCUT2D eigenvalue weighted by molar-refractivity contribution is -0.392. The zero-order valence-electron chi connectivity index (χ0n) is 23.6. The Morgan fingerprint density at radius 2 is 1.43 bits per heavy atom. The van der Waals surface area contributed by atoms with Crippen molar-refractivity contribution in [1.82, 2.24) is 10.2 Å². The van der Waals surface area contributed by atoms with Gasteiger partial charge < -0.3 is 15.0 Å². The van der Waals surface area contributed by atoms with Gasteiger partial charge in [0.1, 0.15) is 22.2 Å². The minimum Gasteiger partial charge on any atom is -0.349 e. The molecule has 0 radical (unpaired) electrons. The number of carbonyl (C=O) groups excluding carboxylic acids is 1. The highest BCUT2D eigenvalue weighted by molar-refractivity contribution is 7.92. The van der Waals surface area contributed by atoms with E-state index in [0.29, 0.717) is 37.4 Å². The normalized spacial score (nSPS) is 19.7. The van der Waals surface area contributed by atoms with E-state index in [0.717, 1.165) is 42.5 Å². The Bertz CT molecular complexity index is 1670. The fourth-order valence-corrected chi connectivity index (χ4v) is 7.81. The molecule has 248 valence electrons. The van der Waals surface area contributed by atoms with E-state index in [4.69, 9.17) is 0 Å². The summed E-state index contributed by atoms with van der Waals surface area (Å²) in [6.07, 6.45) is -12.7. The fraction of sp³-hybridized carbons (Fsp3) is 0.367. The van der Waals surface area contributed by atoms with Gasteiger partial charge in [0.25, 0.3) is 5.60 Å². The third-order valence-corrected chi connectivity index (χ3v) is 10.9. The number of amides is 1. The van der Waals surface area contributed by atoms with Crippen LogP contribution in [0.2, 0.25) is 0 Å². The van der Waals surface area contributed by atoms with Gasteiger partial charge in [-0.1, -0.05) is 30.3 Å². The van der Waals surface area contributed by atoms with Crippen LogP contribution in [0.5, 0.6) is 0 Å². The van der Waals surface area contributed by atoms with Gasteiger partial charge in [0, 0.05) is 37.3 Å². The molecule has 16 heteroatoms. The molecule has 3 aromatic carbocycles. The summed E-state index contributed by atoms with van der Waals surface area (Å²) in [6, 6.07) is 8.11. The monoisotopic (exact) mass is 680 g/mol. The van der Waals surface area contributed by atoms with Crippen molar-refractivity contribution in [3.63, 3.8) is 0 Å². The van der Waals surface area contributed by atoms with E-state index in [1.165, 1.54) is 4.90 Å². The van der Waals surface area contributed by atoms with Gasteiger partial charge >= 0.3 is 12.4 Å². The molecule has 5 rings (SSSR count). The van der Waals surface area contributed by atoms with Crippen LogP contribution in [-0.4, -0.2) is 57.8 Å². The lowest BCUT2D eigenvalue weighted by Crippen LogP contribution is -2.56. The molecular formula is C30H25F9N2O4S. The van der Waals surface area contributed by atoms with E-state index < -0.39 is 80.2 Å². The Morgan fingerprint density at radius 1 is 0.870 bits per heavy atom. The molecule has 2 saturated heterocycles. The summed E-state index contributed by atoms with van der Waals surface area (Å²) < 4.78 is 159. The topological polar surface area (TPSA) is 75.7 Å². The number of rotatable bonds is 8. The van der Waals surface area contributed by atoms with Crippen molar-refractivity contribution >= 4 is 15.7 Å². The van der Waals surface area contributed by atoms with Gasteiger partial charge in [-0.3, -0.25) is 4.79 Å². The smallest absolute Gasteiger partial charge is 0.349 e. The second kappa shape index (κ2) is 11.9. The van der Waals surface area contributed by atoms with Gasteiger partial charge in [-0.25, -0.2) is 21.6 Å². The highest BCUT2D eigenvalue weighted by atomic mass is 32.2. The molecule has 1 atom stereocenters. The SMILES string of the molecule is O=C(C1CNC1)N1CCC(c2ccc(C(OCc3c(F)cccc3F)(C(F)(F)F)C(F)(F)F)cc2)(S(=O)(=O)c2ccc(F)cc2)C1. The molecule has 6 nitrogen and oxygen atoms in total. The van der Waals surface area contributed by atoms with Crippen molar-refractivity contribution in [2.24, 2.45) is 5.92 Å². The van der Waals surface area contributed by atoms with Gasteiger partial charge in [-0.05, 0) is 48.4 Å². The minimum atomic E-state index is -6.21. The van der Waals surface area contributed by atoms with E-state index in [-0.39, 0.29) is 29.3 Å². The zero-order chi connectivity index (χ0) is 33.7. The molecule has 1 unspecified atom stereocenters. The summed E-state index contributed by atoms with van der Waals surface area (Å²) in [5.41, 5.74) is -8.01. The van der Waals surface area contributed by atoms with Gasteiger partial charge in [0.2, 0.25) is 5.91 Å². The standard InChI is InChI=1S/C30H25F9N2O4S/c31-21-8-10-22(11-9-21)46(43,44)27(12-13-41(17-27)26(42)18-14-40-15-18)19-4-6-20(7-5-19)28(29(34,35)36,30(37,38)39)45-16-23-24(32)2-1-3-25(23)33/h1-11,18,40H,12-17H2. The van der Waals surface area contributed by atoms with Crippen molar-refractivity contribution in [3.8, 4) is 0 Å². The number of hydrogen-bond donors (Lipinski definition) is 1. The Morgan fingerprint density at radius 3 is 1.93 bits per heavy atom. The van der Waals surface area contributed by atoms with Crippen LogP contribution in [0.15, 0.2) is 71.6 Å². The highest BCUT2D eigenvalue weighted by Gasteiger charge is 2.73. The van der Waals surface area contributed by atoms with Crippen LogP contribution in [0.25, 0.3) is 0 Å². The first-order chi connectivity index (χ1) is 21.4. The van der Waals surface area contributed by atoms with E-state index in [1.807, 2.05) is 0 Å². The number of hydrogen-bond acceptors (Lipinski definition) is 5. The summed E-state index contributed by atoms with van der Waals surface area (Å²) >= 11 is 0. The molecular weight excluding hydrogens is 655 g/mol. The van der Waals surface area contributed by atoms with Gasteiger partial charge in [0.05, 0.1) is 17.4 Å². The molecule has 0 spiro atoms. The lowest BCUT2D eigenvalue weighted by Gasteiger charge is -2.38. The average molecular weight is 681 g/mol. The molecule has 2 aliphatic heterocycles. The van der Waals surface area contributed by atoms with Gasteiger partial charge in [-0.15, -0.1) is 0 Å². The van der Waals surface area contributed by atoms with Crippen LogP contribution >= 0.6 is 0 Å². The molecule has 2 aliphatic rings. The van der Waals surface area contributed by atoms with Crippen molar-refractivity contribution in [2.75, 3.05) is 26.2 Å². The molecule has 1 N–H and O–H groups in total. The maximum Gasteiger partial charge on any atom is 0.430 e. The zero-order valence-corrected chi connectivity index (χ0v) is 24.4. The molecule has 2 fully saturated rings. The summed E-state index contributed by atoms with van der Waals surface area (Å²) in [6.45, 7) is -1.64. The number of likely N-dealkylation sites (tertiary alicyclic amines) is 1. The third-order valence-electron chi connectivity index (χ3n) is 8.42. The highest BCUT2D eigenvalue weighted by Crippen LogP contribution is 2.54. The Hall–Kier alpha value is -3.63. The number of nitrogens with zero attached hydrogens (tertiary/aromatic N) is 1. The number of sulfone groups is 1. The summed E-state index contributed by atoms with van der Waals surface area (Å²) in [5.74, 6) is -4.45. The predicted molar refractivity (Wildman–Crippen MR) is 144 cm³/mol. The predicted octanol–water partition coefficient (Wildman–Crippen LogP) is 5.76. The van der Waals surface area contributed by atoms with E-state index in [2.05, 4.69) is 10.1 Å². The second-order valence-electron chi connectivity index (χ2n) is 11.1. The van der Waals surface area contributed by atoms with Gasteiger partial charge in [0.15, 0.2) is 9.84 Å². The maximum absolute atomic E-state index is 14.4. The van der Waals surface area contributed by atoms with Gasteiger partial charge in [-0.2, -0.15) is 26.3 Å². The van der Waals surface area contributed by atoms with E-state index in [1.54, 1.807) is 0 Å². The molecule has 1 amide bonds. The van der Waals surface area contributed by atoms with Crippen molar-refractivity contribution in [1.29, 1.82) is 0 Å². The quantitative estimate of drug-likeness (QED) is 0.242. The number of halogens is 9. The first-order valence-corrected chi connectivity index (χ1v) is 15.2.